The van der Waals surface area contributed by atoms with Crippen LogP contribution in [0.25, 0.3) is 16.5 Å². The van der Waals surface area contributed by atoms with E-state index in [1.165, 1.54) is 34.4 Å². The monoisotopic (exact) mass is 882 g/mol. The largest absolute Gasteiger partial charge is 0.379 e. The van der Waals surface area contributed by atoms with Crippen LogP contribution < -0.4 is 14.9 Å². The number of piperazine rings is 1. The van der Waals surface area contributed by atoms with Gasteiger partial charge in [0.15, 0.2) is 0 Å². The maximum Gasteiger partial charge on any atom is 0.293 e. The van der Waals surface area contributed by atoms with Crippen LogP contribution in [0.5, 0.6) is 0 Å². The fourth-order valence-electron chi connectivity index (χ4n) is 7.59. The number of nitrogens with zero attached hydrogens (tertiary/aromatic N) is 6. The molecule has 0 saturated carbocycles. The van der Waals surface area contributed by atoms with Gasteiger partial charge in [-0.25, -0.2) is 9.97 Å². The molecule has 2 aliphatic rings. The molecule has 0 radical (unpaired) electrons. The first kappa shape index (κ1) is 47.7. The minimum Gasteiger partial charge on any atom is -0.379 e. The Labute approximate surface area is 377 Å². The molecule has 0 spiro atoms. The highest BCUT2D eigenvalue weighted by atomic mass is 35.5. The number of rotatable bonds is 15. The van der Waals surface area contributed by atoms with E-state index < -0.39 is 0 Å². The summed E-state index contributed by atoms with van der Waals surface area (Å²) in [4.78, 5) is 29.9. The van der Waals surface area contributed by atoms with Crippen molar-refractivity contribution in [1.29, 1.82) is 0 Å². The fourth-order valence-corrected chi connectivity index (χ4v) is 8.83. The van der Waals surface area contributed by atoms with E-state index >= 15 is 0 Å². The van der Waals surface area contributed by atoms with E-state index in [4.69, 9.17) is 11.6 Å². The van der Waals surface area contributed by atoms with Gasteiger partial charge in [-0.2, -0.15) is 0 Å². The highest BCUT2D eigenvalue weighted by Gasteiger charge is 2.29. The van der Waals surface area contributed by atoms with E-state index in [1.54, 1.807) is 35.8 Å². The van der Waals surface area contributed by atoms with Crippen LogP contribution in [-0.4, -0.2) is 90.4 Å². The zero-order valence-electron chi connectivity index (χ0n) is 36.9. The number of fused-ring (bicyclic) bond motifs is 1. The van der Waals surface area contributed by atoms with Crippen LogP contribution in [0.3, 0.4) is 0 Å². The molecular formula is C48H63ClN8O2S2. The molecule has 1 aromatic heterocycles. The molecule has 1 fully saturated rings. The Morgan fingerprint density at radius 1 is 0.934 bits per heavy atom. The van der Waals surface area contributed by atoms with Gasteiger partial charge in [0.25, 0.3) is 5.69 Å². The number of hydrogen-bond acceptors (Lipinski definition) is 11. The van der Waals surface area contributed by atoms with Crippen molar-refractivity contribution < 1.29 is 4.92 Å². The standard InChI is InChI=1S/C39H49ClN8O2S.C7H8S.C2H6/c1-5-45(4)18-6-17-41-35-14-12-32(24-37(35)48(49)50)51-44-38-34-13-11-31(23-36(34)42-27-43-38)47-21-19-46(20-22-47)26-29-25-39(2,3)16-15-33(29)28-7-9-30(40)10-8-28;1-8-7-5-3-2-4-6-7;1-2/h7-14,23-24,27,41H,5-6,15-22,25-26H2,1-4H3,(H,42,43,44);2-6H,1H3;1-2H3. The van der Waals surface area contributed by atoms with E-state index in [2.05, 4.69) is 111 Å². The quantitative estimate of drug-likeness (QED) is 0.0345. The highest BCUT2D eigenvalue weighted by Crippen LogP contribution is 2.43. The molecule has 2 N–H and O–H groups in total. The van der Waals surface area contributed by atoms with Gasteiger partial charge in [0.05, 0.1) is 10.4 Å². The Balaban J connectivity index is 0.000000625. The first-order valence-electron chi connectivity index (χ1n) is 21.4. The molecule has 0 bridgehead atoms. The zero-order valence-corrected chi connectivity index (χ0v) is 39.3. The number of benzene rings is 4. The van der Waals surface area contributed by atoms with E-state index in [1.807, 2.05) is 50.2 Å². The van der Waals surface area contributed by atoms with E-state index in [-0.39, 0.29) is 10.6 Å². The normalized spacial score (nSPS) is 15.1. The molecule has 61 heavy (non-hydrogen) atoms. The summed E-state index contributed by atoms with van der Waals surface area (Å²) in [6, 6.07) is 30.3. The SMILES string of the molecule is CC.CCN(C)CCCNc1ccc(SNc2ncnc3cc(N4CCN(CC5=C(c6ccc(Cl)cc6)CCC(C)(C)C5)CC4)ccc23)cc1[N+](=O)[O-].CSc1ccccc1. The van der Waals surface area contributed by atoms with Gasteiger partial charge in [0.2, 0.25) is 0 Å². The number of thioether (sulfide) groups is 1. The van der Waals surface area contributed by atoms with Gasteiger partial charge in [-0.3, -0.25) is 15.0 Å². The van der Waals surface area contributed by atoms with Crippen molar-refractivity contribution in [3.05, 3.63) is 124 Å². The van der Waals surface area contributed by atoms with Crippen molar-refractivity contribution in [2.24, 2.45) is 5.41 Å². The van der Waals surface area contributed by atoms with Crippen molar-refractivity contribution >= 4 is 74.7 Å². The number of anilines is 3. The van der Waals surface area contributed by atoms with Gasteiger partial charge in [-0.15, -0.1) is 11.8 Å². The molecule has 0 unspecified atom stereocenters. The van der Waals surface area contributed by atoms with Crippen molar-refractivity contribution in [2.45, 2.75) is 70.1 Å². The van der Waals surface area contributed by atoms with Crippen LogP contribution in [-0.2, 0) is 0 Å². The number of nitro groups is 1. The van der Waals surface area contributed by atoms with Gasteiger partial charge >= 0.3 is 0 Å². The molecule has 5 aromatic rings. The topological polar surface area (TPSA) is 103 Å². The van der Waals surface area contributed by atoms with E-state index in [9.17, 15) is 10.1 Å². The molecular weight excluding hydrogens is 820 g/mol. The molecule has 2 heterocycles. The lowest BCUT2D eigenvalue weighted by molar-refractivity contribution is -0.384. The Morgan fingerprint density at radius 3 is 2.34 bits per heavy atom. The zero-order chi connectivity index (χ0) is 43.8. The number of hydrogen-bond donors (Lipinski definition) is 2. The van der Waals surface area contributed by atoms with Gasteiger partial charge in [0, 0.05) is 71.2 Å². The number of nitrogens with one attached hydrogen (secondary N) is 2. The Bertz CT molecular complexity index is 2180. The van der Waals surface area contributed by atoms with Crippen LogP contribution in [0.2, 0.25) is 5.02 Å². The Kier molecular flexibility index (Phi) is 18.6. The van der Waals surface area contributed by atoms with Crippen LogP contribution in [0.4, 0.5) is 22.9 Å². The maximum absolute atomic E-state index is 11.9. The Hall–Kier alpha value is -4.33. The molecule has 13 heteroatoms. The van der Waals surface area contributed by atoms with Crippen LogP contribution >= 0.6 is 35.3 Å². The summed E-state index contributed by atoms with van der Waals surface area (Å²) in [6.07, 6.45) is 7.99. The third-order valence-corrected chi connectivity index (χ3v) is 12.9. The lowest BCUT2D eigenvalue weighted by Gasteiger charge is -2.39. The summed E-state index contributed by atoms with van der Waals surface area (Å²) in [6.45, 7) is 18.4. The van der Waals surface area contributed by atoms with Gasteiger partial charge in [-0.05, 0) is 135 Å². The van der Waals surface area contributed by atoms with E-state index in [0.717, 1.165) is 91.6 Å². The minimum absolute atomic E-state index is 0.0595. The Morgan fingerprint density at radius 2 is 1.67 bits per heavy atom. The number of nitro benzene ring substituents is 1. The molecule has 10 nitrogen and oxygen atoms in total. The van der Waals surface area contributed by atoms with Crippen molar-refractivity contribution in [3.8, 4) is 0 Å². The predicted molar refractivity (Wildman–Crippen MR) is 263 cm³/mol. The first-order chi connectivity index (χ1) is 29.5. The molecule has 1 aliphatic heterocycles. The second-order valence-electron chi connectivity index (χ2n) is 16.0. The molecule has 7 rings (SSSR count). The maximum atomic E-state index is 11.9. The molecule has 1 aliphatic carbocycles. The van der Waals surface area contributed by atoms with Gasteiger partial charge in [-0.1, -0.05) is 82.1 Å². The smallest absolute Gasteiger partial charge is 0.293 e. The van der Waals surface area contributed by atoms with Crippen molar-refractivity contribution in [1.82, 2.24) is 19.8 Å². The third kappa shape index (κ3) is 14.1. The lowest BCUT2D eigenvalue weighted by atomic mass is 9.73. The lowest BCUT2D eigenvalue weighted by Crippen LogP contribution is -2.47. The summed E-state index contributed by atoms with van der Waals surface area (Å²) in [5.41, 5.74) is 7.29. The molecule has 1 saturated heterocycles. The molecule has 0 amide bonds. The minimum atomic E-state index is -0.335. The first-order valence-corrected chi connectivity index (χ1v) is 23.9. The second-order valence-corrected chi connectivity index (χ2v) is 18.1. The molecule has 326 valence electrons. The predicted octanol–water partition coefficient (Wildman–Crippen LogP) is 12.3. The van der Waals surface area contributed by atoms with Crippen LogP contribution in [0.15, 0.2) is 113 Å². The average molecular weight is 884 g/mol. The van der Waals surface area contributed by atoms with Gasteiger partial charge in [0.1, 0.15) is 17.8 Å². The number of allylic oxidation sites excluding steroid dienone is 1. The summed E-state index contributed by atoms with van der Waals surface area (Å²) >= 11 is 9.28. The second kappa shape index (κ2) is 23.8. The third-order valence-electron chi connectivity index (χ3n) is 11.1. The van der Waals surface area contributed by atoms with Gasteiger partial charge < -0.3 is 19.8 Å². The van der Waals surface area contributed by atoms with Crippen molar-refractivity contribution in [2.75, 3.05) is 80.6 Å². The highest BCUT2D eigenvalue weighted by molar-refractivity contribution is 8.00. The van der Waals surface area contributed by atoms with Crippen LogP contribution in [0, 0.1) is 15.5 Å². The number of halogens is 1. The van der Waals surface area contributed by atoms with E-state index in [0.29, 0.717) is 23.5 Å². The average Bonchev–Trinajstić information content (AvgIpc) is 3.28. The fraction of sp³-hybridized carbons (Fsp3) is 0.417. The molecule has 4 aromatic carbocycles. The number of aromatic nitrogens is 2. The molecule has 0 atom stereocenters. The summed E-state index contributed by atoms with van der Waals surface area (Å²) < 4.78 is 3.31. The summed E-state index contributed by atoms with van der Waals surface area (Å²) in [5, 5.41) is 16.8. The summed E-state index contributed by atoms with van der Waals surface area (Å²) in [7, 11) is 2.07. The van der Waals surface area contributed by atoms with Crippen molar-refractivity contribution in [3.63, 3.8) is 0 Å². The van der Waals surface area contributed by atoms with Crippen LogP contribution in [0.1, 0.15) is 65.9 Å². The summed E-state index contributed by atoms with van der Waals surface area (Å²) in [5.74, 6) is 0.673.